The van der Waals surface area contributed by atoms with Gasteiger partial charge in [0.1, 0.15) is 22.8 Å². The first-order valence-electron chi connectivity index (χ1n) is 8.26. The van der Waals surface area contributed by atoms with Crippen molar-refractivity contribution in [1.29, 1.82) is 0 Å². The number of carboxylic acid groups (broad SMARTS) is 1. The van der Waals surface area contributed by atoms with E-state index in [1.54, 1.807) is 19.1 Å². The third kappa shape index (κ3) is 3.99. The van der Waals surface area contributed by atoms with Crippen LogP contribution in [0, 0.1) is 0 Å². The summed E-state index contributed by atoms with van der Waals surface area (Å²) in [6.07, 6.45) is -0.158. The average molecular weight is 464 g/mol. The monoisotopic (exact) mass is 462 g/mol. The summed E-state index contributed by atoms with van der Waals surface area (Å²) in [5.41, 5.74) is -0.994. The Hall–Kier alpha value is -1.41. The lowest BCUT2D eigenvalue weighted by Crippen LogP contribution is -2.74. The molecule has 3 unspecified atom stereocenters. The van der Waals surface area contributed by atoms with Crippen LogP contribution in [0.3, 0.4) is 0 Å². The Labute approximate surface area is 181 Å². The quantitative estimate of drug-likeness (QED) is 0.377. The number of carboxylic acids is 1. The zero-order valence-corrected chi connectivity index (χ0v) is 17.9. The van der Waals surface area contributed by atoms with Crippen molar-refractivity contribution >= 4 is 63.5 Å². The van der Waals surface area contributed by atoms with Crippen molar-refractivity contribution in [3.8, 4) is 5.75 Å². The number of hydrogen-bond acceptors (Lipinski definition) is 5. The van der Waals surface area contributed by atoms with Gasteiger partial charge in [-0.25, -0.2) is 4.79 Å². The number of halogens is 3. The molecule has 1 aromatic carbocycles. The van der Waals surface area contributed by atoms with E-state index < -0.39 is 32.6 Å². The number of carbonyl (C=O) groups excluding carboxylic acids is 1. The molecule has 1 saturated heterocycles. The summed E-state index contributed by atoms with van der Waals surface area (Å²) in [5.74, 6) is -1.02. The van der Waals surface area contributed by atoms with E-state index in [4.69, 9.17) is 39.5 Å². The van der Waals surface area contributed by atoms with Crippen LogP contribution in [0.4, 0.5) is 0 Å². The van der Waals surface area contributed by atoms with Crippen molar-refractivity contribution in [3.05, 3.63) is 42.5 Å². The number of thioether (sulfide) groups is 1. The molecule has 0 aromatic heterocycles. The minimum absolute atomic E-state index is 0.124. The molecule has 10 heteroatoms. The predicted octanol–water partition coefficient (Wildman–Crippen LogP) is 3.91. The minimum atomic E-state index is -1.72. The molecule has 1 N–H and O–H groups in total. The van der Waals surface area contributed by atoms with E-state index in [9.17, 15) is 14.7 Å². The van der Waals surface area contributed by atoms with E-state index in [-0.39, 0.29) is 13.0 Å². The van der Waals surface area contributed by atoms with Crippen molar-refractivity contribution in [1.82, 2.24) is 4.90 Å². The molecule has 0 spiro atoms. The van der Waals surface area contributed by atoms with Crippen LogP contribution in [0.5, 0.6) is 5.75 Å². The Morgan fingerprint density at radius 1 is 1.43 bits per heavy atom. The predicted molar refractivity (Wildman–Crippen MR) is 111 cm³/mol. The molecule has 0 bridgehead atoms. The van der Waals surface area contributed by atoms with Gasteiger partial charge in [-0.05, 0) is 24.6 Å². The first-order chi connectivity index (χ1) is 13.0. The summed E-state index contributed by atoms with van der Waals surface area (Å²) in [7, 11) is 0. The van der Waals surface area contributed by atoms with Crippen molar-refractivity contribution in [2.75, 3.05) is 6.61 Å². The zero-order chi connectivity index (χ0) is 20.7. The van der Waals surface area contributed by atoms with Crippen LogP contribution >= 0.6 is 46.6 Å². The summed E-state index contributed by atoms with van der Waals surface area (Å²) in [6, 6.07) is 7.96. The summed E-state index contributed by atoms with van der Waals surface area (Å²) in [4.78, 5) is 30.4. The summed E-state index contributed by atoms with van der Waals surface area (Å²) < 4.78 is 3.98. The first kappa shape index (κ1) is 21.3. The minimum Gasteiger partial charge on any atom is -0.487 e. The Kier molecular flexibility index (Phi) is 5.92. The number of nitrogens with zero attached hydrogens (tertiary/aromatic N) is 2. The Bertz CT molecular complexity index is 829. The van der Waals surface area contributed by atoms with Gasteiger partial charge in [-0.1, -0.05) is 71.3 Å². The average Bonchev–Trinajstić information content (AvgIpc) is 2.91. The second-order valence-corrected chi connectivity index (χ2v) is 10.3. The maximum absolute atomic E-state index is 13.0. The molecule has 1 amide bonds. The number of likely N-dealkylation sites (tertiary alicyclic amines) is 1. The molecule has 1 aromatic rings. The second-order valence-electron chi connectivity index (χ2n) is 6.59. The van der Waals surface area contributed by atoms with Crippen LogP contribution in [0.25, 0.3) is 0 Å². The molecule has 0 radical (unpaired) electrons. The maximum atomic E-state index is 13.0. The molecule has 150 valence electrons. The number of hydrogen-bond donors (Lipinski definition) is 1. The molecule has 6 nitrogen and oxygen atoms in total. The molecule has 0 aliphatic carbocycles. The third-order valence-electron chi connectivity index (χ3n) is 4.39. The molecule has 2 aliphatic heterocycles. The molecule has 28 heavy (non-hydrogen) atoms. The number of fused-ring (bicyclic) bond motifs is 1. The summed E-state index contributed by atoms with van der Waals surface area (Å²) in [6.45, 7) is 5.38. The number of rotatable bonds is 7. The molecule has 1 fully saturated rings. The highest BCUT2D eigenvalue weighted by Crippen LogP contribution is 2.54. The van der Waals surface area contributed by atoms with Gasteiger partial charge in [0.2, 0.25) is 0 Å². The lowest BCUT2D eigenvalue weighted by atomic mass is 9.83. The van der Waals surface area contributed by atoms with E-state index in [0.29, 0.717) is 16.4 Å². The Morgan fingerprint density at radius 2 is 2.07 bits per heavy atom. The fraction of sp³-hybridized carbons (Fsp3) is 0.389. The third-order valence-corrected chi connectivity index (χ3v) is 6.11. The van der Waals surface area contributed by atoms with Crippen LogP contribution in [-0.2, 0) is 9.59 Å². The molecule has 3 atom stereocenters. The molecule has 3 rings (SSSR count). The van der Waals surface area contributed by atoms with Gasteiger partial charge in [0.15, 0.2) is 15.4 Å². The first-order valence-corrected chi connectivity index (χ1v) is 10.3. The summed E-state index contributed by atoms with van der Waals surface area (Å²) in [5, 5.41) is 9.47. The molecule has 2 aliphatic rings. The van der Waals surface area contributed by atoms with Gasteiger partial charge in [-0.3, -0.25) is 9.79 Å². The lowest BCUT2D eigenvalue weighted by Gasteiger charge is -2.53. The van der Waals surface area contributed by atoms with Crippen molar-refractivity contribution in [2.24, 2.45) is 4.99 Å². The lowest BCUT2D eigenvalue weighted by molar-refractivity contribution is -0.164. The highest BCUT2D eigenvalue weighted by atomic mass is 35.6. The Balaban J connectivity index is 1.85. The van der Waals surface area contributed by atoms with Crippen LogP contribution < -0.4 is 4.74 Å². The van der Waals surface area contributed by atoms with Gasteiger partial charge in [0.25, 0.3) is 5.91 Å². The number of para-hydroxylation sites is 1. The van der Waals surface area contributed by atoms with E-state index in [1.807, 2.05) is 18.2 Å². The highest BCUT2D eigenvalue weighted by molar-refractivity contribution is 8.15. The second kappa shape index (κ2) is 7.78. The van der Waals surface area contributed by atoms with E-state index in [2.05, 4.69) is 11.6 Å². The van der Waals surface area contributed by atoms with Crippen molar-refractivity contribution < 1.29 is 19.4 Å². The zero-order valence-electron chi connectivity index (χ0n) is 14.8. The van der Waals surface area contributed by atoms with E-state index in [1.165, 1.54) is 16.7 Å². The topological polar surface area (TPSA) is 79.2 Å². The number of amides is 1. The number of benzene rings is 1. The van der Waals surface area contributed by atoms with Gasteiger partial charge in [0, 0.05) is 6.42 Å². The van der Waals surface area contributed by atoms with Gasteiger partial charge < -0.3 is 14.7 Å². The SMILES string of the molecule is C=C(C)C(C(=O)O)N1C(=O)C2(CC(Cl)(Cl)Cl)N=C(COc3ccccc3)SC12. The van der Waals surface area contributed by atoms with Gasteiger partial charge in [0.05, 0.1) is 0 Å². The van der Waals surface area contributed by atoms with Gasteiger partial charge in [-0.15, -0.1) is 0 Å². The number of aliphatic carboxylic acids is 1. The van der Waals surface area contributed by atoms with E-state index in [0.717, 1.165) is 0 Å². The van der Waals surface area contributed by atoms with E-state index >= 15 is 0 Å². The highest BCUT2D eigenvalue weighted by Gasteiger charge is 2.69. The number of alkyl halides is 3. The fourth-order valence-electron chi connectivity index (χ4n) is 3.29. The number of ether oxygens (including phenoxy) is 1. The molecule has 2 heterocycles. The normalized spacial score (nSPS) is 24.9. The van der Waals surface area contributed by atoms with Gasteiger partial charge >= 0.3 is 5.97 Å². The summed E-state index contributed by atoms with van der Waals surface area (Å²) >= 11 is 19.1. The van der Waals surface area contributed by atoms with Crippen LogP contribution in [-0.4, -0.2) is 54.3 Å². The van der Waals surface area contributed by atoms with Crippen LogP contribution in [0.2, 0.25) is 0 Å². The number of aliphatic imine (C=N–C) groups is 1. The molecular formula is C18H17Cl3N2O4S. The molecule has 0 saturated carbocycles. The van der Waals surface area contributed by atoms with Gasteiger partial charge in [-0.2, -0.15) is 0 Å². The number of β-lactam (4-membered cyclic amide) rings is 1. The maximum Gasteiger partial charge on any atom is 0.330 e. The standard InChI is InChI=1S/C18H17Cl3N2O4S/c1-10(2)13(14(24)25)23-15(26)17(9-18(19,20)21)16(23)28-12(22-17)8-27-11-6-4-3-5-7-11/h3-7,13,16H,1,8-9H2,2H3,(H,24,25). The smallest absolute Gasteiger partial charge is 0.330 e. The van der Waals surface area contributed by atoms with Crippen molar-refractivity contribution in [3.63, 3.8) is 0 Å². The van der Waals surface area contributed by atoms with Crippen LogP contribution in [0.1, 0.15) is 13.3 Å². The van der Waals surface area contributed by atoms with Crippen molar-refractivity contribution in [2.45, 2.75) is 34.1 Å². The largest absolute Gasteiger partial charge is 0.487 e. The number of carbonyl (C=O) groups is 2. The van der Waals surface area contributed by atoms with Crippen LogP contribution in [0.15, 0.2) is 47.5 Å². The molecular weight excluding hydrogens is 447 g/mol. The Morgan fingerprint density at radius 3 is 2.61 bits per heavy atom. The fourth-order valence-corrected chi connectivity index (χ4v) is 5.26.